The summed E-state index contributed by atoms with van der Waals surface area (Å²) in [5, 5.41) is 0.578. The first-order valence-corrected chi connectivity index (χ1v) is 7.11. The van der Waals surface area contributed by atoms with Gasteiger partial charge in [-0.1, -0.05) is 23.8 Å². The fourth-order valence-corrected chi connectivity index (χ4v) is 2.71. The van der Waals surface area contributed by atoms with Gasteiger partial charge in [-0.3, -0.25) is 4.79 Å². The number of para-hydroxylation sites is 1. The predicted molar refractivity (Wildman–Crippen MR) is 87.0 cm³/mol. The molecule has 4 aromatic rings. The van der Waals surface area contributed by atoms with Gasteiger partial charge in [-0.25, -0.2) is 4.98 Å². The van der Waals surface area contributed by atoms with E-state index >= 15 is 0 Å². The Morgan fingerprint density at radius 1 is 1.14 bits per heavy atom. The van der Waals surface area contributed by atoms with Crippen molar-refractivity contribution in [1.82, 2.24) is 9.97 Å². The Bertz CT molecular complexity index is 1070. The summed E-state index contributed by atoms with van der Waals surface area (Å²) in [6.45, 7) is 3.96. The number of nitrogens with zero attached hydrogens (tertiary/aromatic N) is 1. The number of H-pyrrole nitrogens is 1. The van der Waals surface area contributed by atoms with Crippen LogP contribution >= 0.6 is 0 Å². The lowest BCUT2D eigenvalue weighted by molar-refractivity contribution is 0.604. The second kappa shape index (κ2) is 4.56. The van der Waals surface area contributed by atoms with Crippen molar-refractivity contribution in [2.24, 2.45) is 0 Å². The molecule has 0 spiro atoms. The van der Waals surface area contributed by atoms with Crippen LogP contribution in [0.5, 0.6) is 0 Å². The first-order chi connectivity index (χ1) is 10.6. The van der Waals surface area contributed by atoms with Crippen molar-refractivity contribution in [3.05, 3.63) is 64.0 Å². The molecule has 22 heavy (non-hydrogen) atoms. The molecule has 4 heteroatoms. The Hall–Kier alpha value is -2.88. The minimum absolute atomic E-state index is 0.0679. The minimum atomic E-state index is -0.0679. The van der Waals surface area contributed by atoms with E-state index in [-0.39, 0.29) is 5.43 Å². The third kappa shape index (κ3) is 1.84. The summed E-state index contributed by atoms with van der Waals surface area (Å²) in [6.07, 6.45) is 1.48. The number of hydrogen-bond donors (Lipinski definition) is 1. The minimum Gasteiger partial charge on any atom is -0.463 e. The number of aromatic amines is 1. The summed E-state index contributed by atoms with van der Waals surface area (Å²) < 4.78 is 5.60. The summed E-state index contributed by atoms with van der Waals surface area (Å²) in [5.74, 6) is 0.543. The largest absolute Gasteiger partial charge is 0.463 e. The van der Waals surface area contributed by atoms with Gasteiger partial charge in [-0.15, -0.1) is 0 Å². The van der Waals surface area contributed by atoms with Gasteiger partial charge in [0.25, 0.3) is 0 Å². The number of imidazole rings is 1. The molecule has 0 fully saturated rings. The van der Waals surface area contributed by atoms with E-state index in [4.69, 9.17) is 4.42 Å². The van der Waals surface area contributed by atoms with E-state index in [1.807, 2.05) is 50.2 Å². The zero-order valence-electron chi connectivity index (χ0n) is 12.3. The monoisotopic (exact) mass is 290 g/mol. The van der Waals surface area contributed by atoms with Crippen LogP contribution in [0.3, 0.4) is 0 Å². The van der Waals surface area contributed by atoms with Crippen molar-refractivity contribution in [2.45, 2.75) is 13.8 Å². The number of fused-ring (bicyclic) bond motifs is 2. The Morgan fingerprint density at radius 2 is 2.00 bits per heavy atom. The van der Waals surface area contributed by atoms with E-state index in [9.17, 15) is 4.79 Å². The van der Waals surface area contributed by atoms with Crippen LogP contribution in [0.2, 0.25) is 0 Å². The molecule has 0 amide bonds. The number of hydrogen-bond acceptors (Lipinski definition) is 3. The van der Waals surface area contributed by atoms with Gasteiger partial charge in [0.1, 0.15) is 23.2 Å². The highest BCUT2D eigenvalue weighted by Crippen LogP contribution is 2.22. The molecule has 0 saturated carbocycles. The van der Waals surface area contributed by atoms with Crippen LogP contribution in [0.1, 0.15) is 11.1 Å². The highest BCUT2D eigenvalue weighted by molar-refractivity contribution is 5.85. The molecule has 0 aliphatic carbocycles. The van der Waals surface area contributed by atoms with Gasteiger partial charge in [0.15, 0.2) is 0 Å². The fourth-order valence-electron chi connectivity index (χ4n) is 2.71. The van der Waals surface area contributed by atoms with E-state index in [0.717, 1.165) is 22.2 Å². The van der Waals surface area contributed by atoms with Gasteiger partial charge < -0.3 is 9.40 Å². The lowest BCUT2D eigenvalue weighted by atomic mass is 10.1. The molecule has 2 aromatic carbocycles. The summed E-state index contributed by atoms with van der Waals surface area (Å²) in [5.41, 5.74) is 4.89. The Balaban J connectivity index is 2.02. The number of nitrogens with one attached hydrogen (secondary N) is 1. The average molecular weight is 290 g/mol. The normalized spacial score (nSPS) is 11.4. The van der Waals surface area contributed by atoms with Crippen LogP contribution in [0.15, 0.2) is 51.9 Å². The van der Waals surface area contributed by atoms with Crippen LogP contribution < -0.4 is 5.43 Å². The van der Waals surface area contributed by atoms with Crippen LogP contribution in [-0.4, -0.2) is 9.97 Å². The zero-order chi connectivity index (χ0) is 15.3. The summed E-state index contributed by atoms with van der Waals surface area (Å²) in [6, 6.07) is 11.5. The van der Waals surface area contributed by atoms with Gasteiger partial charge >= 0.3 is 0 Å². The average Bonchev–Trinajstić information content (AvgIpc) is 2.93. The first-order valence-electron chi connectivity index (χ1n) is 7.11. The number of aromatic nitrogens is 2. The lowest BCUT2D eigenvalue weighted by Gasteiger charge is -2.00. The maximum Gasteiger partial charge on any atom is 0.203 e. The van der Waals surface area contributed by atoms with Gasteiger partial charge in [-0.05, 0) is 37.6 Å². The summed E-state index contributed by atoms with van der Waals surface area (Å²) in [7, 11) is 0. The topological polar surface area (TPSA) is 58.9 Å². The van der Waals surface area contributed by atoms with E-state index in [1.54, 1.807) is 0 Å². The maximum atomic E-state index is 12.7. The molecule has 0 aliphatic heterocycles. The molecule has 0 saturated heterocycles. The summed E-state index contributed by atoms with van der Waals surface area (Å²) in [4.78, 5) is 20.5. The van der Waals surface area contributed by atoms with Crippen LogP contribution in [-0.2, 0) is 0 Å². The molecule has 2 heterocycles. The van der Waals surface area contributed by atoms with Crippen LogP contribution in [0.4, 0.5) is 0 Å². The van der Waals surface area contributed by atoms with Gasteiger partial charge in [0.2, 0.25) is 5.43 Å². The zero-order valence-corrected chi connectivity index (χ0v) is 12.3. The highest BCUT2D eigenvalue weighted by Gasteiger charge is 2.13. The molecular formula is C18H14N2O2. The number of aryl methyl sites for hydroxylation is 2. The van der Waals surface area contributed by atoms with Gasteiger partial charge in [-0.2, -0.15) is 0 Å². The third-order valence-electron chi connectivity index (χ3n) is 3.91. The smallest absolute Gasteiger partial charge is 0.203 e. The quantitative estimate of drug-likeness (QED) is 0.577. The molecule has 0 bridgehead atoms. The Labute approximate surface area is 126 Å². The van der Waals surface area contributed by atoms with E-state index in [2.05, 4.69) is 9.97 Å². The first kappa shape index (κ1) is 12.8. The Kier molecular flexibility index (Phi) is 2.66. The molecule has 108 valence electrons. The van der Waals surface area contributed by atoms with Crippen molar-refractivity contribution in [3.63, 3.8) is 0 Å². The molecule has 0 atom stereocenters. The molecule has 4 rings (SSSR count). The van der Waals surface area contributed by atoms with E-state index in [1.165, 1.54) is 6.26 Å². The van der Waals surface area contributed by atoms with Crippen molar-refractivity contribution < 1.29 is 4.42 Å². The molecule has 2 aromatic heterocycles. The molecular weight excluding hydrogens is 276 g/mol. The van der Waals surface area contributed by atoms with Crippen LogP contribution in [0, 0.1) is 13.8 Å². The summed E-state index contributed by atoms with van der Waals surface area (Å²) >= 11 is 0. The molecule has 0 radical (unpaired) electrons. The SMILES string of the molecule is Cc1ccc2occ(-c3nc4cccc(C)c4[nH]3)c(=O)c2c1. The third-order valence-corrected chi connectivity index (χ3v) is 3.91. The standard InChI is InChI=1S/C18H14N2O2/c1-10-6-7-15-12(8-10)17(21)13(9-22-15)18-19-14-5-3-4-11(2)16(14)20-18/h3-9H,1-2H3,(H,19,20). The number of rotatable bonds is 1. The molecule has 0 unspecified atom stereocenters. The van der Waals surface area contributed by atoms with Crippen molar-refractivity contribution in [2.75, 3.05) is 0 Å². The second-order valence-electron chi connectivity index (χ2n) is 5.53. The fraction of sp³-hybridized carbons (Fsp3) is 0.111. The highest BCUT2D eigenvalue weighted by atomic mass is 16.3. The molecule has 0 aliphatic rings. The maximum absolute atomic E-state index is 12.7. The molecule has 1 N–H and O–H groups in total. The van der Waals surface area contributed by atoms with Gasteiger partial charge in [0, 0.05) is 0 Å². The van der Waals surface area contributed by atoms with E-state index < -0.39 is 0 Å². The van der Waals surface area contributed by atoms with Crippen LogP contribution in [0.25, 0.3) is 33.4 Å². The number of benzene rings is 2. The Morgan fingerprint density at radius 3 is 2.82 bits per heavy atom. The van der Waals surface area contributed by atoms with Crippen molar-refractivity contribution >= 4 is 22.0 Å². The van der Waals surface area contributed by atoms with Gasteiger partial charge in [0.05, 0.1) is 16.4 Å². The lowest BCUT2D eigenvalue weighted by Crippen LogP contribution is -2.05. The second-order valence-corrected chi connectivity index (χ2v) is 5.53. The molecule has 4 nitrogen and oxygen atoms in total. The predicted octanol–water partition coefficient (Wildman–Crippen LogP) is 3.95. The van der Waals surface area contributed by atoms with E-state index in [0.29, 0.717) is 22.4 Å². The van der Waals surface area contributed by atoms with Crippen molar-refractivity contribution in [1.29, 1.82) is 0 Å². The van der Waals surface area contributed by atoms with Crippen molar-refractivity contribution in [3.8, 4) is 11.4 Å².